The van der Waals surface area contributed by atoms with Gasteiger partial charge in [-0.3, -0.25) is 4.57 Å². The first-order valence-electron chi connectivity index (χ1n) is 38.5. The van der Waals surface area contributed by atoms with Gasteiger partial charge in [-0.2, -0.15) is 18.2 Å². The first-order chi connectivity index (χ1) is 48.8. The van der Waals surface area contributed by atoms with Crippen LogP contribution in [0, 0.1) is 18.5 Å². The molecule has 0 unspecified atom stereocenters. The molecule has 9 aromatic carbocycles. The Kier molecular flexibility index (Phi) is 7.90. The van der Waals surface area contributed by atoms with Crippen molar-refractivity contribution in [2.75, 3.05) is 0 Å². The van der Waals surface area contributed by atoms with Crippen LogP contribution in [0.1, 0.15) is 132 Å². The van der Waals surface area contributed by atoms with Gasteiger partial charge in [0.1, 0.15) is 5.82 Å². The van der Waals surface area contributed by atoms with Crippen LogP contribution in [0.3, 0.4) is 0 Å². The summed E-state index contributed by atoms with van der Waals surface area (Å²) in [5.74, 6) is 1.03. The standard InChI is InChI=1S/C75H66N4O.Pt/c1-72(2,3)55-32-28-50(29-33-55)52-31-37-67-69(43-52)77(57-24-19-25-58(45-57)80-59-34-35-61-60-26-17-18-27-66(60)79(68(61)46-59)70-44-56(38-39-76-70)73(4,5)6)48-78(67)71-62(51-22-15-12-16-23-51)40-54(49-20-13-11-14-21-49)41-63(71)53-30-36-64-65(42-53)75(9,10)47-74(64,7)8;/h11-44H,47H2,1-10H3;/q-2;/i7D3,8D3,9D3,10D3,11D,12D,13D,14D,15D,16D,20D,21D,22D,23D,30D,36D,42D;. The topological polar surface area (TPSA) is 35.9 Å². The van der Waals surface area contributed by atoms with Crippen LogP contribution in [0.4, 0.5) is 0 Å². The molecule has 0 saturated carbocycles. The summed E-state index contributed by atoms with van der Waals surface area (Å²) >= 11 is 0. The first-order valence-corrected chi connectivity index (χ1v) is 26.0. The van der Waals surface area contributed by atoms with Crippen molar-refractivity contribution in [3.05, 3.63) is 247 Å². The summed E-state index contributed by atoms with van der Waals surface area (Å²) in [5, 5.41) is 1.78. The Morgan fingerprint density at radius 2 is 1.25 bits per heavy atom. The molecule has 81 heavy (non-hydrogen) atoms. The average Bonchev–Trinajstić information content (AvgIpc) is 1.48. The Balaban J connectivity index is 0.0000105. The minimum atomic E-state index is -3.94. The molecular formula is C75H66N4OPt-2. The van der Waals surface area contributed by atoms with Crippen molar-refractivity contribution in [2.24, 2.45) is 0 Å². The first kappa shape index (κ1) is 31.8. The van der Waals surface area contributed by atoms with Gasteiger partial charge in [-0.25, -0.2) is 4.98 Å². The number of imidazole rings is 1. The zero-order valence-corrected chi connectivity index (χ0v) is 47.1. The number of rotatable bonds is 9. The van der Waals surface area contributed by atoms with Gasteiger partial charge < -0.3 is 13.9 Å². The van der Waals surface area contributed by atoms with E-state index in [-0.39, 0.29) is 60.1 Å². The molecule has 0 atom stereocenters. The summed E-state index contributed by atoms with van der Waals surface area (Å²) in [5.41, 5.74) is -8.91. The van der Waals surface area contributed by atoms with E-state index in [1.807, 2.05) is 71.3 Å². The average molecular weight is 1260 g/mol. The van der Waals surface area contributed by atoms with Crippen molar-refractivity contribution in [3.8, 4) is 73.2 Å². The normalized spacial score (nSPS) is 18.9. The summed E-state index contributed by atoms with van der Waals surface area (Å²) in [4.78, 5) is 4.82. The van der Waals surface area contributed by atoms with Gasteiger partial charge in [0.25, 0.3) is 6.33 Å². The molecule has 0 radical (unpaired) electrons. The van der Waals surface area contributed by atoms with E-state index >= 15 is 0 Å². The fourth-order valence-electron chi connectivity index (χ4n) is 10.7. The van der Waals surface area contributed by atoms with E-state index < -0.39 is 173 Å². The van der Waals surface area contributed by atoms with Crippen LogP contribution in [0.15, 0.2) is 206 Å². The van der Waals surface area contributed by atoms with Gasteiger partial charge in [-0.15, -0.1) is 29.7 Å². The maximum Gasteiger partial charge on any atom is 0.268 e. The van der Waals surface area contributed by atoms with Crippen molar-refractivity contribution in [3.63, 3.8) is 0 Å². The van der Waals surface area contributed by atoms with Crippen LogP contribution in [-0.2, 0) is 42.7 Å². The molecule has 6 heteroatoms. The smallest absolute Gasteiger partial charge is 0.268 e. The van der Waals surface area contributed by atoms with Crippen LogP contribution in [0.25, 0.3) is 94.5 Å². The molecule has 404 valence electrons. The van der Waals surface area contributed by atoms with Gasteiger partial charge in [0.05, 0.1) is 34.5 Å². The number of hydrogen-bond acceptors (Lipinski definition) is 2. The summed E-state index contributed by atoms with van der Waals surface area (Å²) in [7, 11) is 0. The fraction of sp³-hybridized carbons (Fsp3) is 0.200. The summed E-state index contributed by atoms with van der Waals surface area (Å²) < 4.78 is 242. The van der Waals surface area contributed by atoms with Crippen molar-refractivity contribution in [1.82, 2.24) is 14.1 Å². The van der Waals surface area contributed by atoms with Crippen molar-refractivity contribution in [1.29, 1.82) is 0 Å². The zero-order chi connectivity index (χ0) is 76.6. The van der Waals surface area contributed by atoms with Gasteiger partial charge in [-0.1, -0.05) is 208 Å². The number of para-hydroxylation sites is 1. The van der Waals surface area contributed by atoms with Gasteiger partial charge in [0.2, 0.25) is 0 Å². The monoisotopic (exact) mass is 1260 g/mol. The molecule has 1 aliphatic carbocycles. The molecule has 13 rings (SSSR count). The van der Waals surface area contributed by atoms with Crippen molar-refractivity contribution < 1.29 is 64.6 Å². The number of aromatic nitrogens is 4. The van der Waals surface area contributed by atoms with E-state index in [9.17, 15) is 9.60 Å². The summed E-state index contributed by atoms with van der Waals surface area (Å²) in [6.07, 6.45) is 3.36. The molecule has 0 aliphatic heterocycles. The molecule has 12 aromatic rings. The third-order valence-corrected chi connectivity index (χ3v) is 14.7. The largest absolute Gasteiger partial charge is 0.510 e. The molecule has 0 saturated heterocycles. The van der Waals surface area contributed by atoms with Crippen LogP contribution in [0.5, 0.6) is 11.5 Å². The molecule has 3 aromatic heterocycles. The van der Waals surface area contributed by atoms with E-state index in [1.165, 1.54) is 9.13 Å². The SMILES string of the molecule is [2H]c1c([2H])c([2H])c(-c2cc(-c3c([2H])c([2H])c([2H])c([2H])c3[2H])c(-[n+]3[c-]n(-c4[c-]c(Oc5[c-]c6c(cc5)c5ccccc5n6-c5cc(C(C)(C)C)ccn5)ccc4)c4cc(-c5ccc(C(C)(C)C)cc5)ccc43)c(-c3c([2H])c([2H])c4c(c3[2H])C(C([2H])([2H])[2H])(C([2H])([2H])[2H])CC4(C([2H])([2H])[2H])C([2H])([2H])[2H])c2)c([2H])c1[2H].[Pt]. The number of ether oxygens (including phenoxy) is 1. The number of hydrogen-bond donors (Lipinski definition) is 0. The van der Waals surface area contributed by atoms with E-state index in [0.29, 0.717) is 22.5 Å². The van der Waals surface area contributed by atoms with Crippen LogP contribution in [0.2, 0.25) is 0 Å². The van der Waals surface area contributed by atoms with Crippen molar-refractivity contribution in [2.45, 2.75) is 97.0 Å². The second-order valence-electron chi connectivity index (χ2n) is 22.3. The van der Waals surface area contributed by atoms with Gasteiger partial charge in [0.15, 0.2) is 0 Å². The number of fused-ring (bicyclic) bond motifs is 5. The maximum absolute atomic E-state index is 10.5. The molecule has 1 aliphatic rings. The molecule has 0 amide bonds. The van der Waals surface area contributed by atoms with Gasteiger partial charge >= 0.3 is 0 Å². The summed E-state index contributed by atoms with van der Waals surface area (Å²) in [6.45, 7) is -3.13. The Labute approximate surface area is 527 Å². The zero-order valence-electron chi connectivity index (χ0n) is 69.8. The van der Waals surface area contributed by atoms with Gasteiger partial charge in [0, 0.05) is 60.7 Å². The molecule has 0 N–H and O–H groups in total. The molecular weight excluding hydrogens is 1170 g/mol. The predicted molar refractivity (Wildman–Crippen MR) is 330 cm³/mol. The Hall–Kier alpha value is -8.11. The third-order valence-electron chi connectivity index (χ3n) is 14.7. The Morgan fingerprint density at radius 1 is 0.568 bits per heavy atom. The second kappa shape index (κ2) is 20.2. The fourth-order valence-corrected chi connectivity index (χ4v) is 10.7. The van der Waals surface area contributed by atoms with E-state index in [0.717, 1.165) is 39.5 Å². The van der Waals surface area contributed by atoms with Crippen LogP contribution < -0.4 is 9.30 Å². The summed E-state index contributed by atoms with van der Waals surface area (Å²) in [6, 6.07) is 29.9. The molecule has 0 fully saturated rings. The molecule has 0 spiro atoms. The van der Waals surface area contributed by atoms with E-state index in [2.05, 4.69) is 60.0 Å². The molecule has 0 bridgehead atoms. The number of benzene rings is 9. The molecule has 5 nitrogen and oxygen atoms in total. The van der Waals surface area contributed by atoms with Gasteiger partial charge in [-0.05, 0) is 142 Å². The minimum Gasteiger partial charge on any atom is -0.510 e. The Bertz CT molecular complexity index is 5550. The third kappa shape index (κ3) is 9.74. The quantitative estimate of drug-likeness (QED) is 0.107. The van der Waals surface area contributed by atoms with Crippen molar-refractivity contribution >= 4 is 32.8 Å². The van der Waals surface area contributed by atoms with E-state index in [1.54, 1.807) is 48.7 Å². The minimum absolute atomic E-state index is 0. The number of pyridine rings is 1. The predicted octanol–water partition coefficient (Wildman–Crippen LogP) is 18.8. The maximum atomic E-state index is 10.5. The van der Waals surface area contributed by atoms with Crippen LogP contribution >= 0.6 is 0 Å². The molecule has 3 heterocycles. The Morgan fingerprint density at radius 3 is 1.98 bits per heavy atom. The number of nitrogens with zero attached hydrogens (tertiary/aromatic N) is 4. The van der Waals surface area contributed by atoms with E-state index in [4.69, 9.17) is 34.4 Å². The van der Waals surface area contributed by atoms with Crippen LogP contribution in [-0.4, -0.2) is 14.1 Å². The second-order valence-corrected chi connectivity index (χ2v) is 22.3.